The van der Waals surface area contributed by atoms with Gasteiger partial charge in [0.1, 0.15) is 10.6 Å². The van der Waals surface area contributed by atoms with Gasteiger partial charge in [0.15, 0.2) is 0 Å². The van der Waals surface area contributed by atoms with Crippen LogP contribution in [-0.2, 0) is 17.5 Å². The number of anilines is 2. The van der Waals surface area contributed by atoms with Gasteiger partial charge in [0, 0.05) is 7.11 Å². The van der Waals surface area contributed by atoms with Crippen molar-refractivity contribution in [2.75, 3.05) is 19.0 Å². The molecule has 1 aromatic carbocycles. The number of hydrogen-bond donors (Lipinski definition) is 1. The van der Waals surface area contributed by atoms with Crippen LogP contribution >= 0.6 is 11.5 Å². The summed E-state index contributed by atoms with van der Waals surface area (Å²) in [5, 5.41) is 6.50. The van der Waals surface area contributed by atoms with Gasteiger partial charge in [0.25, 0.3) is 5.56 Å². The maximum atomic E-state index is 13.2. The molecule has 138 valence electrons. The minimum atomic E-state index is -4.54. The molecule has 0 bridgehead atoms. The van der Waals surface area contributed by atoms with Crippen LogP contribution in [0.25, 0.3) is 11.4 Å². The monoisotopic (exact) mass is 386 g/mol. The Labute approximate surface area is 149 Å². The van der Waals surface area contributed by atoms with Crippen LogP contribution in [0.2, 0.25) is 0 Å². The Morgan fingerprint density at radius 1 is 1.35 bits per heavy atom. The zero-order valence-electron chi connectivity index (χ0n) is 13.4. The molecule has 0 aliphatic carbocycles. The maximum absolute atomic E-state index is 13.2. The van der Waals surface area contributed by atoms with Crippen LogP contribution in [0.4, 0.5) is 23.9 Å². The Morgan fingerprint density at radius 2 is 2.12 bits per heavy atom. The molecule has 0 aliphatic rings. The predicted molar refractivity (Wildman–Crippen MR) is 88.5 cm³/mol. The van der Waals surface area contributed by atoms with Gasteiger partial charge in [-0.15, -0.1) is 0 Å². The average Bonchev–Trinajstić information content (AvgIpc) is 3.21. The molecule has 26 heavy (non-hydrogen) atoms. The number of alkyl halides is 3. The fourth-order valence-electron chi connectivity index (χ4n) is 2.27. The van der Waals surface area contributed by atoms with E-state index in [2.05, 4.69) is 20.0 Å². The lowest BCUT2D eigenvalue weighted by Gasteiger charge is -2.13. The molecule has 0 atom stereocenters. The molecule has 0 radical (unpaired) electrons. The van der Waals surface area contributed by atoms with Crippen LogP contribution < -0.4 is 10.9 Å². The summed E-state index contributed by atoms with van der Waals surface area (Å²) in [6, 6.07) is 5.00. The first kappa shape index (κ1) is 18.1. The lowest BCUT2D eigenvalue weighted by Crippen LogP contribution is -2.17. The Hall–Kier alpha value is -2.66. The summed E-state index contributed by atoms with van der Waals surface area (Å²) in [7, 11) is 1.48. The van der Waals surface area contributed by atoms with E-state index in [-0.39, 0.29) is 35.2 Å². The Balaban J connectivity index is 2.07. The minimum Gasteiger partial charge on any atom is -0.383 e. The summed E-state index contributed by atoms with van der Waals surface area (Å²) in [6.45, 7) is 0.512. The highest BCUT2D eigenvalue weighted by molar-refractivity contribution is 7.11. The van der Waals surface area contributed by atoms with Crippen molar-refractivity contribution in [2.24, 2.45) is 0 Å². The van der Waals surface area contributed by atoms with E-state index in [1.54, 1.807) is 0 Å². The third-order valence-corrected chi connectivity index (χ3v) is 4.49. The smallest absolute Gasteiger partial charge is 0.383 e. The first-order valence-corrected chi connectivity index (χ1v) is 8.12. The predicted octanol–water partition coefficient (Wildman–Crippen LogP) is 3.37. The lowest BCUT2D eigenvalue weighted by atomic mass is 10.1. The first-order valence-electron chi connectivity index (χ1n) is 7.35. The summed E-state index contributed by atoms with van der Waals surface area (Å²) in [5.74, 6) is -0.00518. The number of nitrogens with one attached hydrogen (secondary N) is 1. The zero-order valence-corrected chi connectivity index (χ0v) is 14.2. The van der Waals surface area contributed by atoms with Gasteiger partial charge in [-0.2, -0.15) is 18.2 Å². The molecule has 7 nitrogen and oxygen atoms in total. The van der Waals surface area contributed by atoms with Gasteiger partial charge in [-0.1, -0.05) is 17.3 Å². The number of hydrogen-bond acceptors (Lipinski definition) is 7. The van der Waals surface area contributed by atoms with Crippen molar-refractivity contribution in [3.8, 4) is 11.4 Å². The molecule has 3 aromatic rings. The summed E-state index contributed by atoms with van der Waals surface area (Å²) >= 11 is 0.963. The molecule has 0 spiro atoms. The summed E-state index contributed by atoms with van der Waals surface area (Å²) < 4.78 is 50.6. The number of aromatic nitrogens is 3. The molecule has 0 aliphatic heterocycles. The van der Waals surface area contributed by atoms with Crippen molar-refractivity contribution in [1.29, 1.82) is 0 Å². The molecule has 0 fully saturated rings. The second-order valence-corrected chi connectivity index (χ2v) is 6.15. The average molecular weight is 386 g/mol. The number of halogens is 3. The van der Waals surface area contributed by atoms with E-state index in [0.717, 1.165) is 24.0 Å². The van der Waals surface area contributed by atoms with E-state index in [4.69, 9.17) is 4.74 Å². The van der Waals surface area contributed by atoms with E-state index in [1.807, 2.05) is 0 Å². The number of methoxy groups -OCH3 is 1. The summed E-state index contributed by atoms with van der Waals surface area (Å²) in [5.41, 5.74) is -1.43. The third kappa shape index (κ3) is 3.63. The molecule has 1 N–H and O–H groups in total. The molecule has 0 saturated carbocycles. The molecular formula is C15H13F3N4O3S. The molecule has 11 heteroatoms. The van der Waals surface area contributed by atoms with E-state index in [0.29, 0.717) is 0 Å². The van der Waals surface area contributed by atoms with Gasteiger partial charge in [0.05, 0.1) is 24.4 Å². The van der Waals surface area contributed by atoms with Crippen molar-refractivity contribution in [1.82, 2.24) is 14.1 Å². The standard InChI is InChI=1S/C15H13F3N4O3S/c1-24-7-6-22-14(23)11(12-19-8-25-21-12)13(26-22)20-10-5-3-2-4-9(10)15(16,17)18/h2-5,8,20H,6-7H2,1H3. The fourth-order valence-corrected chi connectivity index (χ4v) is 3.25. The topological polar surface area (TPSA) is 82.2 Å². The maximum Gasteiger partial charge on any atom is 0.418 e. The SMILES string of the molecule is COCCn1sc(Nc2ccccc2C(F)(F)F)c(-c2ncon2)c1=O. The van der Waals surface area contributed by atoms with Crippen LogP contribution in [0.1, 0.15) is 5.56 Å². The largest absolute Gasteiger partial charge is 0.418 e. The zero-order chi connectivity index (χ0) is 18.7. The van der Waals surface area contributed by atoms with Gasteiger partial charge in [0.2, 0.25) is 12.2 Å². The van der Waals surface area contributed by atoms with Crippen molar-refractivity contribution in [3.63, 3.8) is 0 Å². The van der Waals surface area contributed by atoms with E-state index in [9.17, 15) is 18.0 Å². The van der Waals surface area contributed by atoms with Crippen molar-refractivity contribution < 1.29 is 22.4 Å². The molecule has 2 heterocycles. The Kier molecular flexibility index (Phi) is 5.09. The molecule has 0 amide bonds. The van der Waals surface area contributed by atoms with Gasteiger partial charge < -0.3 is 14.6 Å². The summed E-state index contributed by atoms with van der Waals surface area (Å²) in [4.78, 5) is 16.4. The van der Waals surface area contributed by atoms with Crippen molar-refractivity contribution in [3.05, 3.63) is 46.6 Å². The number of para-hydroxylation sites is 1. The van der Waals surface area contributed by atoms with Crippen LogP contribution in [0.5, 0.6) is 0 Å². The fraction of sp³-hybridized carbons (Fsp3) is 0.267. The van der Waals surface area contributed by atoms with E-state index in [1.165, 1.54) is 29.3 Å². The normalized spacial score (nSPS) is 11.7. The molecule has 3 rings (SSSR count). The third-order valence-electron chi connectivity index (χ3n) is 3.43. The number of ether oxygens (including phenoxy) is 1. The van der Waals surface area contributed by atoms with Crippen LogP contribution in [0.15, 0.2) is 40.0 Å². The number of rotatable bonds is 6. The number of benzene rings is 1. The van der Waals surface area contributed by atoms with Crippen molar-refractivity contribution >= 4 is 22.2 Å². The van der Waals surface area contributed by atoms with E-state index < -0.39 is 17.3 Å². The van der Waals surface area contributed by atoms with Gasteiger partial charge in [-0.05, 0) is 23.7 Å². The minimum absolute atomic E-state index is 0.00518. The van der Waals surface area contributed by atoms with Crippen LogP contribution in [0, 0.1) is 0 Å². The summed E-state index contributed by atoms with van der Waals surface area (Å²) in [6.07, 6.45) is -3.50. The molecule has 0 unspecified atom stereocenters. The van der Waals surface area contributed by atoms with Gasteiger partial charge in [-0.25, -0.2) is 0 Å². The molecular weight excluding hydrogens is 373 g/mol. The first-order chi connectivity index (χ1) is 12.4. The number of nitrogens with zero attached hydrogens (tertiary/aromatic N) is 3. The van der Waals surface area contributed by atoms with Gasteiger partial charge >= 0.3 is 6.18 Å². The highest BCUT2D eigenvalue weighted by Gasteiger charge is 2.34. The van der Waals surface area contributed by atoms with E-state index >= 15 is 0 Å². The highest BCUT2D eigenvalue weighted by Crippen LogP contribution is 2.38. The Morgan fingerprint density at radius 3 is 2.77 bits per heavy atom. The van der Waals surface area contributed by atoms with Crippen LogP contribution in [-0.4, -0.2) is 27.8 Å². The Bertz CT molecular complexity index is 935. The van der Waals surface area contributed by atoms with Crippen molar-refractivity contribution in [2.45, 2.75) is 12.7 Å². The van der Waals surface area contributed by atoms with Gasteiger partial charge in [-0.3, -0.25) is 8.75 Å². The lowest BCUT2D eigenvalue weighted by molar-refractivity contribution is -0.136. The second kappa shape index (κ2) is 7.30. The molecule has 2 aromatic heterocycles. The second-order valence-electron chi connectivity index (χ2n) is 5.12. The molecule has 0 saturated heterocycles. The highest BCUT2D eigenvalue weighted by atomic mass is 32.1. The van der Waals surface area contributed by atoms with Crippen LogP contribution in [0.3, 0.4) is 0 Å². The quantitative estimate of drug-likeness (QED) is 0.700.